The van der Waals surface area contributed by atoms with Gasteiger partial charge < -0.3 is 4.74 Å². The lowest BCUT2D eigenvalue weighted by Crippen LogP contribution is -2.18. The molecule has 0 heterocycles. The number of benzene rings is 2. The van der Waals surface area contributed by atoms with E-state index in [9.17, 15) is 31.1 Å². The van der Waals surface area contributed by atoms with Crippen molar-refractivity contribution in [3.63, 3.8) is 0 Å². The second-order valence-electron chi connectivity index (χ2n) is 4.43. The summed E-state index contributed by atoms with van der Waals surface area (Å²) in [6, 6.07) is 7.34. The Labute approximate surface area is 126 Å². The van der Waals surface area contributed by atoms with E-state index < -0.39 is 35.0 Å². The van der Waals surface area contributed by atoms with Crippen molar-refractivity contribution < 1.29 is 35.9 Å². The summed E-state index contributed by atoms with van der Waals surface area (Å²) in [6.45, 7) is 0. The van der Waals surface area contributed by atoms with E-state index in [0.29, 0.717) is 0 Å². The van der Waals surface area contributed by atoms with Crippen LogP contribution in [0.3, 0.4) is 0 Å². The predicted octanol–water partition coefficient (Wildman–Crippen LogP) is 5.08. The number of hydrogen-bond donors (Lipinski definition) is 0. The van der Waals surface area contributed by atoms with E-state index in [-0.39, 0.29) is 11.8 Å². The van der Waals surface area contributed by atoms with E-state index in [1.807, 2.05) is 0 Å². The first-order valence-corrected chi connectivity index (χ1v) is 6.14. The van der Waals surface area contributed by atoms with Gasteiger partial charge >= 0.3 is 12.5 Å². The van der Waals surface area contributed by atoms with Crippen LogP contribution in [0, 0.1) is 0 Å². The average molecular weight is 334 g/mol. The molecule has 0 fully saturated rings. The third kappa shape index (κ3) is 3.82. The Kier molecular flexibility index (Phi) is 4.35. The smallest absolute Gasteiger partial charge is 0.405 e. The van der Waals surface area contributed by atoms with Crippen LogP contribution in [-0.4, -0.2) is 12.6 Å². The van der Waals surface area contributed by atoms with Crippen LogP contribution < -0.4 is 4.74 Å². The molecule has 0 aliphatic carbocycles. The molecule has 2 aromatic rings. The van der Waals surface area contributed by atoms with Crippen LogP contribution in [0.2, 0.25) is 0 Å². The van der Waals surface area contributed by atoms with Crippen LogP contribution >= 0.6 is 0 Å². The lowest BCUT2D eigenvalue weighted by Gasteiger charge is -2.16. The highest BCUT2D eigenvalue weighted by Gasteiger charge is 2.35. The van der Waals surface area contributed by atoms with Crippen LogP contribution in [0.25, 0.3) is 11.1 Å². The number of ether oxygens (including phenoxy) is 1. The SMILES string of the molecule is O=Cc1c(OC(F)(F)F)cccc1-c1ccccc1C(F)(F)F. The second kappa shape index (κ2) is 5.94. The monoisotopic (exact) mass is 334 g/mol. The molecule has 2 rings (SSSR count). The number of halogens is 6. The van der Waals surface area contributed by atoms with Gasteiger partial charge in [-0.25, -0.2) is 0 Å². The quantitative estimate of drug-likeness (QED) is 0.578. The Morgan fingerprint density at radius 1 is 0.826 bits per heavy atom. The third-order valence-corrected chi connectivity index (χ3v) is 2.93. The van der Waals surface area contributed by atoms with Gasteiger partial charge in [0, 0.05) is 0 Å². The molecule has 23 heavy (non-hydrogen) atoms. The molecule has 122 valence electrons. The van der Waals surface area contributed by atoms with Gasteiger partial charge in [-0.2, -0.15) is 13.2 Å². The zero-order valence-corrected chi connectivity index (χ0v) is 11.2. The Balaban J connectivity index is 2.66. The number of aldehydes is 1. The van der Waals surface area contributed by atoms with Crippen molar-refractivity contribution in [1.29, 1.82) is 0 Å². The van der Waals surface area contributed by atoms with Crippen molar-refractivity contribution in [3.8, 4) is 16.9 Å². The number of carbonyl (C=O) groups is 1. The molecule has 0 aliphatic heterocycles. The minimum absolute atomic E-state index is 0.0313. The highest BCUT2D eigenvalue weighted by molar-refractivity contribution is 5.91. The molecule has 0 saturated heterocycles. The third-order valence-electron chi connectivity index (χ3n) is 2.93. The van der Waals surface area contributed by atoms with Gasteiger partial charge in [0.15, 0.2) is 6.29 Å². The van der Waals surface area contributed by atoms with E-state index in [1.54, 1.807) is 0 Å². The highest BCUT2D eigenvalue weighted by atomic mass is 19.4. The van der Waals surface area contributed by atoms with Gasteiger partial charge in [0.25, 0.3) is 0 Å². The number of hydrogen-bond acceptors (Lipinski definition) is 2. The molecule has 0 aromatic heterocycles. The number of rotatable bonds is 3. The first-order valence-electron chi connectivity index (χ1n) is 6.14. The normalized spacial score (nSPS) is 12.1. The minimum Gasteiger partial charge on any atom is -0.405 e. The van der Waals surface area contributed by atoms with Crippen molar-refractivity contribution in [3.05, 3.63) is 53.6 Å². The van der Waals surface area contributed by atoms with Crippen LogP contribution in [0.15, 0.2) is 42.5 Å². The van der Waals surface area contributed by atoms with E-state index >= 15 is 0 Å². The molecular weight excluding hydrogens is 326 g/mol. The standard InChI is InChI=1S/C15H8F6O2/c16-14(17,18)12-6-2-1-4-10(12)9-5-3-7-13(11(9)8-22)23-15(19,20)21/h1-8H. The maximum absolute atomic E-state index is 13.0. The van der Waals surface area contributed by atoms with E-state index in [4.69, 9.17) is 0 Å². The van der Waals surface area contributed by atoms with Crippen molar-refractivity contribution in [2.75, 3.05) is 0 Å². The van der Waals surface area contributed by atoms with Crippen molar-refractivity contribution in [2.24, 2.45) is 0 Å². The fourth-order valence-corrected chi connectivity index (χ4v) is 2.08. The van der Waals surface area contributed by atoms with Gasteiger partial charge in [-0.15, -0.1) is 13.2 Å². The van der Waals surface area contributed by atoms with Crippen molar-refractivity contribution in [1.82, 2.24) is 0 Å². The maximum atomic E-state index is 13.0. The molecule has 0 unspecified atom stereocenters. The zero-order valence-electron chi connectivity index (χ0n) is 11.2. The van der Waals surface area contributed by atoms with Crippen LogP contribution in [-0.2, 0) is 6.18 Å². The van der Waals surface area contributed by atoms with Gasteiger partial charge in [-0.3, -0.25) is 4.79 Å². The van der Waals surface area contributed by atoms with E-state index in [0.717, 1.165) is 36.4 Å². The summed E-state index contributed by atoms with van der Waals surface area (Å²) < 4.78 is 79.9. The molecule has 0 aliphatic rings. The summed E-state index contributed by atoms with van der Waals surface area (Å²) in [5.41, 5.74) is -2.38. The lowest BCUT2D eigenvalue weighted by atomic mass is 9.95. The minimum atomic E-state index is -5.07. The van der Waals surface area contributed by atoms with Gasteiger partial charge in [0.2, 0.25) is 0 Å². The molecule has 0 bridgehead atoms. The number of alkyl halides is 6. The Bertz CT molecular complexity index is 719. The molecule has 0 saturated carbocycles. The van der Waals surface area contributed by atoms with Gasteiger partial charge in [-0.1, -0.05) is 30.3 Å². The molecule has 2 nitrogen and oxygen atoms in total. The first-order chi connectivity index (χ1) is 10.6. The van der Waals surface area contributed by atoms with E-state index in [2.05, 4.69) is 4.74 Å². The fourth-order valence-electron chi connectivity index (χ4n) is 2.08. The molecule has 0 radical (unpaired) electrons. The van der Waals surface area contributed by atoms with Crippen LogP contribution in [0.5, 0.6) is 5.75 Å². The second-order valence-corrected chi connectivity index (χ2v) is 4.43. The first kappa shape index (κ1) is 16.9. The molecule has 2 aromatic carbocycles. The van der Waals surface area contributed by atoms with Gasteiger partial charge in [-0.05, 0) is 23.3 Å². The van der Waals surface area contributed by atoms with E-state index in [1.165, 1.54) is 6.07 Å². The Hall–Kier alpha value is -2.51. The summed E-state index contributed by atoms with van der Waals surface area (Å²) in [6.07, 6.45) is -9.76. The largest absolute Gasteiger partial charge is 0.573 e. The average Bonchev–Trinajstić information content (AvgIpc) is 2.44. The number of carbonyl (C=O) groups excluding carboxylic acids is 1. The van der Waals surface area contributed by atoms with Gasteiger partial charge in [0.1, 0.15) is 5.75 Å². The summed E-state index contributed by atoms with van der Waals surface area (Å²) in [7, 11) is 0. The summed E-state index contributed by atoms with van der Waals surface area (Å²) in [4.78, 5) is 11.1. The zero-order chi connectivity index (χ0) is 17.3. The topological polar surface area (TPSA) is 26.3 Å². The van der Waals surface area contributed by atoms with Crippen molar-refractivity contribution >= 4 is 6.29 Å². The highest BCUT2D eigenvalue weighted by Crippen LogP contribution is 2.40. The van der Waals surface area contributed by atoms with Crippen molar-refractivity contribution in [2.45, 2.75) is 12.5 Å². The summed E-state index contributed by atoms with van der Waals surface area (Å²) in [5, 5.41) is 0. The molecule has 0 amide bonds. The lowest BCUT2D eigenvalue weighted by molar-refractivity contribution is -0.274. The van der Waals surface area contributed by atoms with Crippen LogP contribution in [0.1, 0.15) is 15.9 Å². The van der Waals surface area contributed by atoms with Gasteiger partial charge in [0.05, 0.1) is 11.1 Å². The Morgan fingerprint density at radius 2 is 1.43 bits per heavy atom. The predicted molar refractivity (Wildman–Crippen MR) is 69.0 cm³/mol. The molecule has 0 spiro atoms. The molecular formula is C15H8F6O2. The Morgan fingerprint density at radius 3 is 2.00 bits per heavy atom. The van der Waals surface area contributed by atoms with Crippen LogP contribution in [0.4, 0.5) is 26.3 Å². The molecule has 0 N–H and O–H groups in total. The molecule has 8 heteroatoms. The molecule has 0 atom stereocenters. The summed E-state index contributed by atoms with van der Waals surface area (Å²) in [5.74, 6) is -0.859. The maximum Gasteiger partial charge on any atom is 0.573 e. The fraction of sp³-hybridized carbons (Fsp3) is 0.133. The summed E-state index contributed by atoms with van der Waals surface area (Å²) >= 11 is 0.